The topological polar surface area (TPSA) is 90.4 Å². The number of H-pyrrole nitrogens is 1. The number of halogens is 2. The van der Waals surface area contributed by atoms with Gasteiger partial charge in [0, 0.05) is 11.8 Å². The molecule has 2 aromatic carbocycles. The number of methoxy groups -OCH3 is 1. The van der Waals surface area contributed by atoms with E-state index >= 15 is 8.78 Å². The normalized spacial score (nSPS) is 20.6. The van der Waals surface area contributed by atoms with Crippen molar-refractivity contribution < 1.29 is 22.7 Å². The summed E-state index contributed by atoms with van der Waals surface area (Å²) in [4.78, 5) is 39.7. The molecular weight excluding hydrogens is 522 g/mol. The number of hydrogen-bond donors (Lipinski definition) is 1. The third kappa shape index (κ3) is 4.51. The highest BCUT2D eigenvalue weighted by Gasteiger charge is 2.67. The van der Waals surface area contributed by atoms with E-state index in [1.54, 1.807) is 0 Å². The van der Waals surface area contributed by atoms with Crippen molar-refractivity contribution in [3.05, 3.63) is 105 Å². The number of benzene rings is 2. The number of aryl methyl sites for hydroxylation is 1. The molecule has 1 heterocycles. The highest BCUT2D eigenvalue weighted by atomic mass is 28.4. The summed E-state index contributed by atoms with van der Waals surface area (Å²) in [6.45, 7) is 6.71. The van der Waals surface area contributed by atoms with Gasteiger partial charge in [0.1, 0.15) is 6.04 Å². The third-order valence-electron chi connectivity index (χ3n) is 7.46. The van der Waals surface area contributed by atoms with Gasteiger partial charge in [-0.25, -0.2) is 13.6 Å². The largest absolute Gasteiger partial charge is 0.468 e. The second-order valence-electron chi connectivity index (χ2n) is 10.8. The van der Waals surface area contributed by atoms with Crippen LogP contribution in [0.25, 0.3) is 0 Å². The number of rotatable bonds is 7. The van der Waals surface area contributed by atoms with Crippen LogP contribution in [0.3, 0.4) is 0 Å². The van der Waals surface area contributed by atoms with Crippen molar-refractivity contribution in [2.24, 2.45) is 5.41 Å². The number of nitrogens with one attached hydrogen (secondary N) is 1. The Kier molecular flexibility index (Phi) is 7.39. The second kappa shape index (κ2) is 10.2. The Bertz CT molecular complexity index is 1460. The van der Waals surface area contributed by atoms with Crippen LogP contribution in [0.1, 0.15) is 32.4 Å². The number of esters is 1. The van der Waals surface area contributed by atoms with Crippen molar-refractivity contribution in [2.45, 2.75) is 44.7 Å². The van der Waals surface area contributed by atoms with Gasteiger partial charge in [-0.1, -0.05) is 93.6 Å². The van der Waals surface area contributed by atoms with Crippen molar-refractivity contribution in [1.82, 2.24) is 9.55 Å². The monoisotopic (exact) mass is 554 g/mol. The number of ether oxygens (including phenoxy) is 1. The summed E-state index contributed by atoms with van der Waals surface area (Å²) >= 11 is 0. The van der Waals surface area contributed by atoms with E-state index in [-0.39, 0.29) is 5.56 Å². The lowest BCUT2D eigenvalue weighted by atomic mass is 9.83. The number of carbonyl (C=O) groups excluding carboxylic acids is 1. The molecule has 39 heavy (non-hydrogen) atoms. The van der Waals surface area contributed by atoms with Gasteiger partial charge in [0.05, 0.1) is 13.7 Å². The molecule has 1 aromatic heterocycles. The predicted molar refractivity (Wildman–Crippen MR) is 147 cm³/mol. The fourth-order valence-corrected chi connectivity index (χ4v) is 9.98. The van der Waals surface area contributed by atoms with Crippen LogP contribution in [-0.2, 0) is 14.0 Å². The van der Waals surface area contributed by atoms with Gasteiger partial charge >= 0.3 is 11.7 Å². The molecule has 0 bridgehead atoms. The van der Waals surface area contributed by atoms with E-state index in [0.29, 0.717) is 0 Å². The van der Waals surface area contributed by atoms with E-state index in [2.05, 4.69) is 4.98 Å². The lowest BCUT2D eigenvalue weighted by Gasteiger charge is -2.45. The maximum atomic E-state index is 16.5. The number of carbonyl (C=O) groups is 1. The zero-order valence-corrected chi connectivity index (χ0v) is 23.5. The molecule has 1 aliphatic rings. The predicted octanol–water partition coefficient (Wildman–Crippen LogP) is 3.33. The zero-order valence-electron chi connectivity index (χ0n) is 22.5. The summed E-state index contributed by atoms with van der Waals surface area (Å²) in [5.41, 5.74) is -4.12. The fraction of sp³-hybridized carbons (Fsp3) is 0.345. The molecule has 10 heteroatoms. The van der Waals surface area contributed by atoms with Crippen molar-refractivity contribution >= 4 is 24.7 Å². The summed E-state index contributed by atoms with van der Waals surface area (Å²) < 4.78 is 45.3. The number of nitrogens with zero attached hydrogens (tertiary/aromatic N) is 1. The van der Waals surface area contributed by atoms with Gasteiger partial charge in [0.15, 0.2) is 5.41 Å². The number of aromatic amines is 1. The fourth-order valence-electron chi connectivity index (χ4n) is 5.38. The van der Waals surface area contributed by atoms with Crippen molar-refractivity contribution in [1.29, 1.82) is 0 Å². The zero-order chi connectivity index (χ0) is 28.6. The minimum atomic E-state index is -3.83. The molecule has 0 amide bonds. The van der Waals surface area contributed by atoms with Crippen LogP contribution in [0.4, 0.5) is 8.78 Å². The minimum Gasteiger partial charge on any atom is -0.468 e. The standard InChI is InChI=1S/C29H32F2N2O5Si/c1-20-18-33(26(36)32-24(20)34)23-16-17-28(25(35)37-5,29(23,30)31)19-38-39(27(2,3)4,21-12-8-6-9-13-21)22-14-10-7-11-15-22/h6-18,23H,19H2,1-5H3,(H,32,34,36)/t23-,28+/m1/s1. The molecule has 206 valence electrons. The molecule has 2 atom stereocenters. The average molecular weight is 555 g/mol. The molecule has 3 aromatic rings. The number of aromatic nitrogens is 2. The molecule has 0 aliphatic heterocycles. The Hall–Kier alpha value is -3.63. The summed E-state index contributed by atoms with van der Waals surface area (Å²) in [5.74, 6) is -5.02. The van der Waals surface area contributed by atoms with Gasteiger partial charge in [-0.3, -0.25) is 19.1 Å². The molecule has 7 nitrogen and oxygen atoms in total. The number of alkyl halides is 2. The van der Waals surface area contributed by atoms with Crippen molar-refractivity contribution in [3.63, 3.8) is 0 Å². The first-order valence-electron chi connectivity index (χ1n) is 12.5. The van der Waals surface area contributed by atoms with Crippen LogP contribution >= 0.6 is 0 Å². The molecule has 0 unspecified atom stereocenters. The van der Waals surface area contributed by atoms with Gasteiger partial charge in [-0.15, -0.1) is 0 Å². The highest BCUT2D eigenvalue weighted by Crippen LogP contribution is 2.53. The lowest BCUT2D eigenvalue weighted by Crippen LogP contribution is -2.68. The average Bonchev–Trinajstić information content (AvgIpc) is 3.17. The van der Waals surface area contributed by atoms with Gasteiger partial charge in [0.25, 0.3) is 19.8 Å². The Morgan fingerprint density at radius 1 is 1.03 bits per heavy atom. The summed E-state index contributed by atoms with van der Waals surface area (Å²) in [7, 11) is -2.26. The van der Waals surface area contributed by atoms with E-state index in [9.17, 15) is 14.4 Å². The van der Waals surface area contributed by atoms with Crippen LogP contribution in [-0.4, -0.2) is 43.5 Å². The molecule has 0 spiro atoms. The third-order valence-corrected chi connectivity index (χ3v) is 12.4. The van der Waals surface area contributed by atoms with Gasteiger partial charge in [-0.05, 0) is 22.3 Å². The summed E-state index contributed by atoms with van der Waals surface area (Å²) in [6, 6.07) is 17.1. The van der Waals surface area contributed by atoms with E-state index < -0.39 is 54.6 Å². The van der Waals surface area contributed by atoms with Crippen LogP contribution in [0.2, 0.25) is 5.04 Å². The second-order valence-corrected chi connectivity index (χ2v) is 15.1. The minimum absolute atomic E-state index is 0.0814. The Labute approximate surface area is 226 Å². The molecule has 1 N–H and O–H groups in total. The Morgan fingerprint density at radius 3 is 2.05 bits per heavy atom. The highest BCUT2D eigenvalue weighted by molar-refractivity contribution is 6.99. The molecular formula is C29H32F2N2O5Si. The van der Waals surface area contributed by atoms with Crippen LogP contribution in [0.5, 0.6) is 0 Å². The first-order valence-corrected chi connectivity index (χ1v) is 14.5. The van der Waals surface area contributed by atoms with Crippen LogP contribution < -0.4 is 21.6 Å². The van der Waals surface area contributed by atoms with E-state index in [0.717, 1.165) is 40.4 Å². The van der Waals surface area contributed by atoms with Gasteiger partial charge in [-0.2, -0.15) is 0 Å². The first-order chi connectivity index (χ1) is 18.3. The summed E-state index contributed by atoms with van der Waals surface area (Å²) in [5, 5.41) is 1.19. The maximum absolute atomic E-state index is 16.5. The SMILES string of the molecule is COC(=O)[C@@]1(CO[Si](c2ccccc2)(c2ccccc2)C(C)(C)C)C=C[C@@H](n2cc(C)c(=O)[nH]c2=O)C1(F)F. The molecule has 0 fully saturated rings. The van der Waals surface area contributed by atoms with Gasteiger partial charge in [0.2, 0.25) is 0 Å². The molecule has 4 rings (SSSR count). The number of allylic oxidation sites excluding steroid dienone is 1. The van der Waals surface area contributed by atoms with Crippen molar-refractivity contribution in [2.75, 3.05) is 13.7 Å². The maximum Gasteiger partial charge on any atom is 0.329 e. The Balaban J connectivity index is 1.87. The molecule has 0 saturated carbocycles. The Morgan fingerprint density at radius 2 is 1.56 bits per heavy atom. The number of hydrogen-bond acceptors (Lipinski definition) is 5. The van der Waals surface area contributed by atoms with Crippen LogP contribution in [0.15, 0.2) is 88.6 Å². The molecule has 0 saturated heterocycles. The summed E-state index contributed by atoms with van der Waals surface area (Å²) in [6.07, 6.45) is 3.25. The first kappa shape index (κ1) is 28.4. The van der Waals surface area contributed by atoms with E-state index in [1.807, 2.05) is 81.4 Å². The van der Waals surface area contributed by atoms with Gasteiger partial charge < -0.3 is 9.16 Å². The van der Waals surface area contributed by atoms with E-state index in [4.69, 9.17) is 9.16 Å². The van der Waals surface area contributed by atoms with Crippen molar-refractivity contribution in [3.8, 4) is 0 Å². The quantitative estimate of drug-likeness (QED) is 0.275. The van der Waals surface area contributed by atoms with Crippen LogP contribution in [0, 0.1) is 12.3 Å². The smallest absolute Gasteiger partial charge is 0.329 e. The lowest BCUT2D eigenvalue weighted by molar-refractivity contribution is -0.181. The molecule has 1 aliphatic carbocycles. The molecule has 0 radical (unpaired) electrons. The van der Waals surface area contributed by atoms with E-state index in [1.165, 1.54) is 6.92 Å².